The van der Waals surface area contributed by atoms with Gasteiger partial charge in [-0.2, -0.15) is 0 Å². The van der Waals surface area contributed by atoms with Crippen LogP contribution in [0.25, 0.3) is 0 Å². The third-order valence-corrected chi connectivity index (χ3v) is 4.01. The predicted octanol–water partition coefficient (Wildman–Crippen LogP) is 3.41. The quantitative estimate of drug-likeness (QED) is 0.348. The van der Waals surface area contributed by atoms with Crippen LogP contribution in [0.1, 0.15) is 30.1 Å². The lowest BCUT2D eigenvalue weighted by Crippen LogP contribution is -2.26. The van der Waals surface area contributed by atoms with Gasteiger partial charge in [-0.05, 0) is 24.8 Å². The standard InChI is InChI=1S/C13H15BrF2N2O3/c1-8(7-14)3-2-4-17-13(19)9-5-10(15)11(16)6-12(9)18(20)21/h5-6,8H,2-4,7H2,1H3,(H,17,19). The molecule has 0 aliphatic carbocycles. The van der Waals surface area contributed by atoms with Crippen LogP contribution in [0.3, 0.4) is 0 Å². The van der Waals surface area contributed by atoms with Gasteiger partial charge < -0.3 is 5.32 Å². The first-order chi connectivity index (χ1) is 9.86. The van der Waals surface area contributed by atoms with Crippen LogP contribution in [-0.2, 0) is 0 Å². The van der Waals surface area contributed by atoms with Crippen molar-refractivity contribution in [2.24, 2.45) is 5.92 Å². The van der Waals surface area contributed by atoms with Crippen molar-refractivity contribution >= 4 is 27.5 Å². The highest BCUT2D eigenvalue weighted by Crippen LogP contribution is 2.22. The Morgan fingerprint density at radius 3 is 2.62 bits per heavy atom. The van der Waals surface area contributed by atoms with Crippen molar-refractivity contribution in [3.63, 3.8) is 0 Å². The van der Waals surface area contributed by atoms with Crippen molar-refractivity contribution in [2.45, 2.75) is 19.8 Å². The van der Waals surface area contributed by atoms with Crippen molar-refractivity contribution in [1.82, 2.24) is 5.32 Å². The SMILES string of the molecule is CC(CBr)CCCNC(=O)c1cc(F)c(F)cc1[N+](=O)[O-]. The van der Waals surface area contributed by atoms with Crippen LogP contribution in [0.4, 0.5) is 14.5 Å². The fraction of sp³-hybridized carbons (Fsp3) is 0.462. The zero-order valence-corrected chi connectivity index (χ0v) is 13.0. The minimum atomic E-state index is -1.36. The highest BCUT2D eigenvalue weighted by molar-refractivity contribution is 9.09. The number of carbonyl (C=O) groups is 1. The Kier molecular flexibility index (Phi) is 6.67. The van der Waals surface area contributed by atoms with Gasteiger partial charge in [0.15, 0.2) is 11.6 Å². The summed E-state index contributed by atoms with van der Waals surface area (Å²) < 4.78 is 26.1. The maximum Gasteiger partial charge on any atom is 0.285 e. The van der Waals surface area contributed by atoms with E-state index in [1.807, 2.05) is 6.92 Å². The third-order valence-electron chi connectivity index (χ3n) is 2.90. The Labute approximate surface area is 129 Å². The first kappa shape index (κ1) is 17.5. The van der Waals surface area contributed by atoms with Crippen LogP contribution in [0, 0.1) is 27.7 Å². The van der Waals surface area contributed by atoms with Crippen LogP contribution in [0.15, 0.2) is 12.1 Å². The first-order valence-electron chi connectivity index (χ1n) is 6.34. The molecule has 1 aromatic rings. The van der Waals surface area contributed by atoms with Gasteiger partial charge in [-0.15, -0.1) is 0 Å². The monoisotopic (exact) mass is 364 g/mol. The summed E-state index contributed by atoms with van der Waals surface area (Å²) in [6.45, 7) is 2.35. The summed E-state index contributed by atoms with van der Waals surface area (Å²) in [7, 11) is 0. The Balaban J connectivity index is 2.73. The number of alkyl halides is 1. The minimum Gasteiger partial charge on any atom is -0.352 e. The fourth-order valence-corrected chi connectivity index (χ4v) is 2.02. The smallest absolute Gasteiger partial charge is 0.285 e. The van der Waals surface area contributed by atoms with Crippen LogP contribution in [-0.4, -0.2) is 22.7 Å². The summed E-state index contributed by atoms with van der Waals surface area (Å²) >= 11 is 3.33. The van der Waals surface area contributed by atoms with Gasteiger partial charge in [0.2, 0.25) is 0 Å². The van der Waals surface area contributed by atoms with Crippen LogP contribution in [0.2, 0.25) is 0 Å². The number of halogens is 3. The van der Waals surface area contributed by atoms with E-state index in [4.69, 9.17) is 0 Å². The van der Waals surface area contributed by atoms with Gasteiger partial charge in [-0.3, -0.25) is 14.9 Å². The topological polar surface area (TPSA) is 72.2 Å². The van der Waals surface area contributed by atoms with Gasteiger partial charge in [0.25, 0.3) is 11.6 Å². The molecule has 0 saturated carbocycles. The van der Waals surface area contributed by atoms with Crippen LogP contribution < -0.4 is 5.32 Å². The van der Waals surface area contributed by atoms with Crippen molar-refractivity contribution in [2.75, 3.05) is 11.9 Å². The molecule has 21 heavy (non-hydrogen) atoms. The molecule has 0 fully saturated rings. The average Bonchev–Trinajstić information content (AvgIpc) is 2.45. The molecule has 0 spiro atoms. The fourth-order valence-electron chi connectivity index (χ4n) is 1.69. The molecule has 116 valence electrons. The van der Waals surface area contributed by atoms with Gasteiger partial charge in [-0.1, -0.05) is 22.9 Å². The molecule has 0 aliphatic rings. The summed E-state index contributed by atoms with van der Waals surface area (Å²) in [4.78, 5) is 21.7. The molecule has 1 aromatic carbocycles. The maximum atomic E-state index is 13.1. The molecule has 0 aliphatic heterocycles. The van der Waals surface area contributed by atoms with Crippen LogP contribution in [0.5, 0.6) is 0 Å². The Bertz CT molecular complexity index is 540. The molecule has 0 radical (unpaired) electrons. The van der Waals surface area contributed by atoms with Crippen molar-refractivity contribution in [3.8, 4) is 0 Å². The summed E-state index contributed by atoms with van der Waals surface area (Å²) in [6.07, 6.45) is 1.56. The molecule has 0 saturated heterocycles. The average molecular weight is 365 g/mol. The number of rotatable bonds is 7. The highest BCUT2D eigenvalue weighted by Gasteiger charge is 2.23. The molecule has 8 heteroatoms. The van der Waals surface area contributed by atoms with E-state index in [1.165, 1.54) is 0 Å². The molecule has 1 atom stereocenters. The summed E-state index contributed by atoms with van der Waals surface area (Å²) in [5.41, 5.74) is -1.23. The number of benzene rings is 1. The number of nitrogens with zero attached hydrogens (tertiary/aromatic N) is 1. The van der Waals surface area contributed by atoms with E-state index in [2.05, 4.69) is 21.2 Å². The number of amides is 1. The lowest BCUT2D eigenvalue weighted by Gasteiger charge is -2.09. The van der Waals surface area contributed by atoms with E-state index in [-0.39, 0.29) is 0 Å². The van der Waals surface area contributed by atoms with Gasteiger partial charge in [0.05, 0.1) is 11.0 Å². The predicted molar refractivity (Wildman–Crippen MR) is 77.5 cm³/mol. The second kappa shape index (κ2) is 8.02. The van der Waals surface area contributed by atoms with E-state index in [0.29, 0.717) is 31.0 Å². The second-order valence-corrected chi connectivity index (χ2v) is 5.35. The van der Waals surface area contributed by atoms with Crippen molar-refractivity contribution in [3.05, 3.63) is 39.4 Å². The summed E-state index contributed by atoms with van der Waals surface area (Å²) in [6, 6.07) is 0.959. The third kappa shape index (κ3) is 5.04. The molecule has 0 heterocycles. The highest BCUT2D eigenvalue weighted by atomic mass is 79.9. The van der Waals surface area contributed by atoms with E-state index in [0.717, 1.165) is 11.8 Å². The largest absolute Gasteiger partial charge is 0.352 e. The molecule has 0 aromatic heterocycles. The number of nitro groups is 1. The second-order valence-electron chi connectivity index (χ2n) is 4.70. The summed E-state index contributed by atoms with van der Waals surface area (Å²) in [5.74, 6) is -2.99. The van der Waals surface area contributed by atoms with Gasteiger partial charge in [0, 0.05) is 11.9 Å². The molecule has 1 rings (SSSR count). The molecular formula is C13H15BrF2N2O3. The van der Waals surface area contributed by atoms with Gasteiger partial charge in [0.1, 0.15) is 5.56 Å². The minimum absolute atomic E-state index is 0.312. The number of nitro benzene ring substituents is 1. The zero-order chi connectivity index (χ0) is 16.0. The molecule has 1 unspecified atom stereocenters. The van der Waals surface area contributed by atoms with E-state index in [9.17, 15) is 23.7 Å². The first-order valence-corrected chi connectivity index (χ1v) is 7.46. The Hall–Kier alpha value is -1.57. The number of hydrogen-bond acceptors (Lipinski definition) is 3. The lowest BCUT2D eigenvalue weighted by molar-refractivity contribution is -0.385. The Morgan fingerprint density at radius 2 is 2.05 bits per heavy atom. The molecule has 0 bridgehead atoms. The zero-order valence-electron chi connectivity index (χ0n) is 11.4. The van der Waals surface area contributed by atoms with E-state index in [1.54, 1.807) is 0 Å². The van der Waals surface area contributed by atoms with E-state index >= 15 is 0 Å². The van der Waals surface area contributed by atoms with Gasteiger partial charge in [-0.25, -0.2) is 8.78 Å². The number of hydrogen-bond donors (Lipinski definition) is 1. The lowest BCUT2D eigenvalue weighted by atomic mass is 10.1. The number of nitrogens with one attached hydrogen (secondary N) is 1. The molecule has 1 amide bonds. The Morgan fingerprint density at radius 1 is 1.43 bits per heavy atom. The molecular weight excluding hydrogens is 350 g/mol. The van der Waals surface area contributed by atoms with Gasteiger partial charge >= 0.3 is 0 Å². The molecule has 1 N–H and O–H groups in total. The summed E-state index contributed by atoms with van der Waals surface area (Å²) in [5, 5.41) is 14.1. The normalized spacial score (nSPS) is 12.0. The number of carbonyl (C=O) groups excluding carboxylic acids is 1. The molecule has 5 nitrogen and oxygen atoms in total. The van der Waals surface area contributed by atoms with E-state index < -0.39 is 33.7 Å². The van der Waals surface area contributed by atoms with Crippen molar-refractivity contribution < 1.29 is 18.5 Å². The maximum absolute atomic E-state index is 13.1. The van der Waals surface area contributed by atoms with Crippen molar-refractivity contribution in [1.29, 1.82) is 0 Å². The van der Waals surface area contributed by atoms with Crippen LogP contribution >= 0.6 is 15.9 Å².